The van der Waals surface area contributed by atoms with Crippen molar-refractivity contribution >= 4 is 14.5 Å². The van der Waals surface area contributed by atoms with Crippen LogP contribution >= 0.6 is 0 Å². The predicted molar refractivity (Wildman–Crippen MR) is 88.6 cm³/mol. The summed E-state index contributed by atoms with van der Waals surface area (Å²) in [4.78, 5) is 0. The van der Waals surface area contributed by atoms with E-state index in [1.165, 1.54) is 0 Å². The Balaban J connectivity index is 0. The Morgan fingerprint density at radius 3 is 1.35 bits per heavy atom. The summed E-state index contributed by atoms with van der Waals surface area (Å²) in [5.74, 6) is 0. The number of hydrogen-bond acceptors (Lipinski definition) is 4. The van der Waals surface area contributed by atoms with Gasteiger partial charge in [-0.1, -0.05) is 34.1 Å². The van der Waals surface area contributed by atoms with Crippen LogP contribution in [0.1, 0.15) is 61.8 Å². The van der Waals surface area contributed by atoms with Gasteiger partial charge in [-0.25, -0.2) is 0 Å². The van der Waals surface area contributed by atoms with Gasteiger partial charge in [0.2, 0.25) is 0 Å². The highest BCUT2D eigenvalue weighted by Gasteiger charge is 2.38. The second-order valence-corrected chi connectivity index (χ2v) is 8.34. The minimum Gasteiger partial charge on any atom is -0.374 e. The molecule has 122 valence electrons. The van der Waals surface area contributed by atoms with Crippen molar-refractivity contribution in [2.75, 3.05) is 19.8 Å². The first kappa shape index (κ1) is 22.1. The highest BCUT2D eigenvalue weighted by molar-refractivity contribution is 6.60. The number of hydrogen-bond donors (Lipinski definition) is 1. The largest absolute Gasteiger partial charge is 0.500 e. The molecule has 0 amide bonds. The lowest BCUT2D eigenvalue weighted by molar-refractivity contribution is 0.0712. The van der Waals surface area contributed by atoms with Gasteiger partial charge < -0.3 is 18.7 Å². The second-order valence-electron chi connectivity index (χ2n) is 5.61. The van der Waals surface area contributed by atoms with E-state index in [4.69, 9.17) is 18.7 Å². The SMILES string of the molecule is CC(=N)C(C)(C)C.CCC[Si](OCC)(OCC)OCC. The minimum absolute atomic E-state index is 0.0833. The van der Waals surface area contributed by atoms with E-state index < -0.39 is 8.80 Å². The highest BCUT2D eigenvalue weighted by atomic mass is 28.4. The summed E-state index contributed by atoms with van der Waals surface area (Å²) in [5, 5.41) is 7.15. The van der Waals surface area contributed by atoms with E-state index in [9.17, 15) is 0 Å². The van der Waals surface area contributed by atoms with Gasteiger partial charge in [0.05, 0.1) is 0 Å². The Kier molecular flexibility index (Phi) is 12.6. The molecule has 4 nitrogen and oxygen atoms in total. The van der Waals surface area contributed by atoms with Gasteiger partial charge >= 0.3 is 8.80 Å². The van der Waals surface area contributed by atoms with Crippen molar-refractivity contribution in [2.24, 2.45) is 5.41 Å². The zero-order chi connectivity index (χ0) is 16.2. The molecule has 0 radical (unpaired) electrons. The molecule has 0 aromatic carbocycles. The molecule has 0 saturated heterocycles. The van der Waals surface area contributed by atoms with Gasteiger partial charge in [0.15, 0.2) is 0 Å². The summed E-state index contributed by atoms with van der Waals surface area (Å²) in [6.07, 6.45) is 1.05. The Morgan fingerprint density at radius 1 is 0.900 bits per heavy atom. The fourth-order valence-electron chi connectivity index (χ4n) is 1.31. The van der Waals surface area contributed by atoms with Crippen molar-refractivity contribution in [2.45, 2.75) is 67.9 Å². The van der Waals surface area contributed by atoms with Gasteiger partial charge in [-0.15, -0.1) is 0 Å². The molecule has 0 aliphatic carbocycles. The van der Waals surface area contributed by atoms with Crippen LogP contribution in [0, 0.1) is 10.8 Å². The summed E-state index contributed by atoms with van der Waals surface area (Å²) in [6, 6.07) is 0.919. The van der Waals surface area contributed by atoms with Crippen molar-refractivity contribution in [1.29, 1.82) is 5.41 Å². The maximum absolute atomic E-state index is 7.15. The zero-order valence-electron chi connectivity index (χ0n) is 14.8. The van der Waals surface area contributed by atoms with E-state index >= 15 is 0 Å². The van der Waals surface area contributed by atoms with Gasteiger partial charge in [0.25, 0.3) is 0 Å². The van der Waals surface area contributed by atoms with Crippen molar-refractivity contribution in [3.63, 3.8) is 0 Å². The normalized spacial score (nSPS) is 11.8. The fraction of sp³-hybridized carbons (Fsp3) is 0.933. The smallest absolute Gasteiger partial charge is 0.374 e. The Bertz CT molecular complexity index is 222. The minimum atomic E-state index is -2.30. The molecule has 0 atom stereocenters. The summed E-state index contributed by atoms with van der Waals surface area (Å²) < 4.78 is 16.9. The van der Waals surface area contributed by atoms with Crippen LogP contribution in [0.5, 0.6) is 0 Å². The maximum atomic E-state index is 7.15. The van der Waals surface area contributed by atoms with Gasteiger partial charge in [0, 0.05) is 31.6 Å². The first-order valence-corrected chi connectivity index (χ1v) is 9.59. The third-order valence-corrected chi connectivity index (χ3v) is 6.07. The average molecular weight is 306 g/mol. The van der Waals surface area contributed by atoms with Crippen molar-refractivity contribution in [3.8, 4) is 0 Å². The number of nitrogens with one attached hydrogen (secondary N) is 1. The van der Waals surface area contributed by atoms with Crippen LogP contribution in [-0.2, 0) is 13.3 Å². The molecule has 5 heteroatoms. The van der Waals surface area contributed by atoms with Crippen molar-refractivity contribution < 1.29 is 13.3 Å². The van der Waals surface area contributed by atoms with Crippen molar-refractivity contribution in [1.82, 2.24) is 0 Å². The average Bonchev–Trinajstić information content (AvgIpc) is 2.29. The second kappa shape index (κ2) is 11.4. The van der Waals surface area contributed by atoms with Crippen LogP contribution < -0.4 is 0 Å². The monoisotopic (exact) mass is 305 g/mol. The third kappa shape index (κ3) is 10.5. The van der Waals surface area contributed by atoms with Crippen molar-refractivity contribution in [3.05, 3.63) is 0 Å². The Labute approximate surface area is 127 Å². The summed E-state index contributed by atoms with van der Waals surface area (Å²) in [6.45, 7) is 18.0. The first-order valence-electron chi connectivity index (χ1n) is 7.66. The zero-order valence-corrected chi connectivity index (χ0v) is 15.8. The molecule has 0 saturated carbocycles. The molecule has 0 aliphatic rings. The molecule has 0 aromatic heterocycles. The topological polar surface area (TPSA) is 51.5 Å². The lowest BCUT2D eigenvalue weighted by Gasteiger charge is -2.27. The highest BCUT2D eigenvalue weighted by Crippen LogP contribution is 2.17. The fourth-order valence-corrected chi connectivity index (χ4v) is 3.92. The summed E-state index contributed by atoms with van der Waals surface area (Å²) in [5.41, 5.74) is 0.826. The quantitative estimate of drug-likeness (QED) is 0.530. The van der Waals surface area contributed by atoms with Crippen LogP contribution in [-0.4, -0.2) is 34.3 Å². The summed E-state index contributed by atoms with van der Waals surface area (Å²) >= 11 is 0. The van der Waals surface area contributed by atoms with Crippen LogP contribution in [0.15, 0.2) is 0 Å². The molecule has 0 bridgehead atoms. The van der Waals surface area contributed by atoms with Gasteiger partial charge in [0.1, 0.15) is 0 Å². The molecule has 1 N–H and O–H groups in total. The van der Waals surface area contributed by atoms with E-state index in [0.29, 0.717) is 19.8 Å². The first-order chi connectivity index (χ1) is 9.19. The Hall–Kier alpha value is -0.233. The Morgan fingerprint density at radius 2 is 1.20 bits per heavy atom. The van der Waals surface area contributed by atoms with E-state index in [0.717, 1.165) is 18.2 Å². The standard InChI is InChI=1S/C9H22O3Si.C6H13N/c1-5-9-13(10-6-2,11-7-3)12-8-4;1-5(7)6(2,3)4/h5-9H2,1-4H3;7H,1-4H3. The molecule has 0 aromatic rings. The van der Waals surface area contributed by atoms with E-state index in [1.807, 2.05) is 48.5 Å². The molecule has 0 spiro atoms. The lowest BCUT2D eigenvalue weighted by Crippen LogP contribution is -2.45. The molecule has 0 fully saturated rings. The van der Waals surface area contributed by atoms with E-state index in [2.05, 4.69) is 6.92 Å². The van der Waals surface area contributed by atoms with E-state index in [1.54, 1.807) is 0 Å². The maximum Gasteiger partial charge on any atom is 0.500 e. The summed E-state index contributed by atoms with van der Waals surface area (Å²) in [7, 11) is -2.30. The molecular formula is C15H35NO3Si. The molecule has 20 heavy (non-hydrogen) atoms. The lowest BCUT2D eigenvalue weighted by atomic mass is 9.91. The molecule has 0 rings (SSSR count). The van der Waals surface area contributed by atoms with Crippen LogP contribution in [0.3, 0.4) is 0 Å². The van der Waals surface area contributed by atoms with Crippen LogP contribution in [0.4, 0.5) is 0 Å². The van der Waals surface area contributed by atoms with Crippen LogP contribution in [0.25, 0.3) is 0 Å². The third-order valence-electron chi connectivity index (χ3n) is 2.77. The van der Waals surface area contributed by atoms with Gasteiger partial charge in [-0.3, -0.25) is 0 Å². The number of rotatable bonds is 8. The predicted octanol–water partition coefficient (Wildman–Crippen LogP) is 4.52. The van der Waals surface area contributed by atoms with Gasteiger partial charge in [-0.2, -0.15) is 0 Å². The van der Waals surface area contributed by atoms with Crippen LogP contribution in [0.2, 0.25) is 6.04 Å². The van der Waals surface area contributed by atoms with E-state index in [-0.39, 0.29) is 5.41 Å². The molecular weight excluding hydrogens is 270 g/mol. The molecule has 0 heterocycles. The molecule has 0 unspecified atom stereocenters. The van der Waals surface area contributed by atoms with Gasteiger partial charge in [-0.05, 0) is 33.1 Å². The molecule has 0 aliphatic heterocycles.